The Morgan fingerprint density at radius 3 is 2.20 bits per heavy atom. The van der Waals surface area contributed by atoms with E-state index in [1.165, 1.54) is 44.1 Å². The van der Waals surface area contributed by atoms with Crippen molar-refractivity contribution in [2.24, 2.45) is 5.73 Å². The van der Waals surface area contributed by atoms with Crippen molar-refractivity contribution >= 4 is 22.9 Å². The van der Waals surface area contributed by atoms with Crippen LogP contribution in [0.15, 0.2) is 84.9 Å². The molecular formula is C34H41N5O. The van der Waals surface area contributed by atoms with E-state index in [2.05, 4.69) is 57.2 Å². The Kier molecular flexibility index (Phi) is 7.98. The number of anilines is 1. The summed E-state index contributed by atoms with van der Waals surface area (Å²) in [5.74, 6) is 0.416. The number of nitrogens with one attached hydrogen (secondary N) is 1. The van der Waals surface area contributed by atoms with E-state index in [4.69, 9.17) is 10.7 Å². The summed E-state index contributed by atoms with van der Waals surface area (Å²) in [5.41, 5.74) is 11.0. The van der Waals surface area contributed by atoms with Gasteiger partial charge in [0.2, 0.25) is 11.9 Å². The van der Waals surface area contributed by atoms with E-state index in [-0.39, 0.29) is 17.5 Å². The lowest BCUT2D eigenvalue weighted by Crippen LogP contribution is -2.50. The van der Waals surface area contributed by atoms with Gasteiger partial charge in [-0.05, 0) is 55.4 Å². The number of likely N-dealkylation sites (tertiary alicyclic amines) is 1. The zero-order valence-corrected chi connectivity index (χ0v) is 23.3. The quantitative estimate of drug-likeness (QED) is 0.267. The normalized spacial score (nSPS) is 19.2. The first-order valence-electron chi connectivity index (χ1n) is 15.0. The van der Waals surface area contributed by atoms with Crippen LogP contribution in [0.25, 0.3) is 11.0 Å². The highest BCUT2D eigenvalue weighted by molar-refractivity contribution is 5.95. The molecule has 1 saturated carbocycles. The number of hydrogen-bond donors (Lipinski definition) is 2. The van der Waals surface area contributed by atoms with Gasteiger partial charge in [-0.2, -0.15) is 0 Å². The number of hydrogen-bond acceptors (Lipinski definition) is 4. The molecule has 2 aliphatic rings. The second kappa shape index (κ2) is 11.9. The van der Waals surface area contributed by atoms with Crippen LogP contribution in [0.5, 0.6) is 0 Å². The minimum atomic E-state index is -0.640. The maximum absolute atomic E-state index is 13.2. The second-order valence-electron chi connectivity index (χ2n) is 11.6. The fraction of sp³-hybridized carbons (Fsp3) is 0.412. The fourth-order valence-corrected chi connectivity index (χ4v) is 7.07. The maximum atomic E-state index is 13.2. The lowest BCUT2D eigenvalue weighted by Gasteiger charge is -2.48. The summed E-state index contributed by atoms with van der Waals surface area (Å²) in [6.07, 6.45) is 10.3. The van der Waals surface area contributed by atoms with Crippen LogP contribution in [-0.2, 0) is 16.8 Å². The zero-order chi connectivity index (χ0) is 27.4. The van der Waals surface area contributed by atoms with Crippen LogP contribution in [0, 0.1) is 0 Å². The van der Waals surface area contributed by atoms with Crippen LogP contribution < -0.4 is 11.1 Å². The Bertz CT molecular complexity index is 1400. The van der Waals surface area contributed by atoms with Gasteiger partial charge in [-0.1, -0.05) is 98.5 Å². The highest BCUT2D eigenvalue weighted by atomic mass is 16.2. The third kappa shape index (κ3) is 5.43. The molecule has 208 valence electrons. The van der Waals surface area contributed by atoms with Gasteiger partial charge in [0.1, 0.15) is 0 Å². The summed E-state index contributed by atoms with van der Waals surface area (Å²) >= 11 is 0. The molecule has 40 heavy (non-hydrogen) atoms. The summed E-state index contributed by atoms with van der Waals surface area (Å²) in [6.45, 7) is 2.07. The number of aromatic nitrogens is 2. The van der Waals surface area contributed by atoms with Crippen LogP contribution in [0.3, 0.4) is 0 Å². The molecule has 1 saturated heterocycles. The van der Waals surface area contributed by atoms with Crippen LogP contribution in [-0.4, -0.2) is 39.5 Å². The number of carbonyl (C=O) groups is 1. The number of nitrogens with zero attached hydrogens (tertiary/aromatic N) is 3. The van der Waals surface area contributed by atoms with Crippen molar-refractivity contribution in [3.63, 3.8) is 0 Å². The average Bonchev–Trinajstić information content (AvgIpc) is 3.17. The molecular weight excluding hydrogens is 494 g/mol. The molecule has 0 radical (unpaired) electrons. The summed E-state index contributed by atoms with van der Waals surface area (Å²) in [6, 6.07) is 29.0. The molecule has 1 aromatic heterocycles. The first-order chi connectivity index (χ1) is 19.6. The van der Waals surface area contributed by atoms with E-state index in [1.807, 2.05) is 42.5 Å². The molecule has 2 fully saturated rings. The van der Waals surface area contributed by atoms with Crippen molar-refractivity contribution in [1.29, 1.82) is 0 Å². The molecule has 3 N–H and O–H groups in total. The Balaban J connectivity index is 1.23. The first kappa shape index (κ1) is 26.7. The third-order valence-electron chi connectivity index (χ3n) is 9.14. The fourth-order valence-electron chi connectivity index (χ4n) is 7.07. The largest absolute Gasteiger partial charge is 0.320 e. The molecule has 6 heteroatoms. The van der Waals surface area contributed by atoms with Crippen LogP contribution in [0.1, 0.15) is 68.5 Å². The van der Waals surface area contributed by atoms with Gasteiger partial charge in [0, 0.05) is 24.7 Å². The predicted molar refractivity (Wildman–Crippen MR) is 162 cm³/mol. The van der Waals surface area contributed by atoms with Crippen LogP contribution in [0.4, 0.5) is 5.95 Å². The van der Waals surface area contributed by atoms with E-state index in [0.29, 0.717) is 12.4 Å². The number of amides is 1. The monoisotopic (exact) mass is 535 g/mol. The molecule has 4 aromatic rings. The number of benzene rings is 3. The molecule has 1 amide bonds. The highest BCUT2D eigenvalue weighted by Crippen LogP contribution is 2.44. The molecule has 1 aliphatic heterocycles. The molecule has 2 heterocycles. The molecule has 0 spiro atoms. The van der Waals surface area contributed by atoms with Gasteiger partial charge in [-0.3, -0.25) is 15.0 Å². The standard InChI is InChI=1S/C34H41N5O/c35-29(25-26-13-5-3-6-14-26)32(40)37-33-36-30-17-9-10-18-31(30)39(33)28-19-23-38(24-20-28)34(21-11-1-2-12-22-34)27-15-7-4-8-16-27/h3-10,13-18,28-29H,1-2,11-12,19-25,35H2,(H,36,37,40)/t29-/m0/s1. The van der Waals surface area contributed by atoms with E-state index in [0.717, 1.165) is 42.5 Å². The molecule has 1 aliphatic carbocycles. The zero-order valence-electron chi connectivity index (χ0n) is 23.3. The topological polar surface area (TPSA) is 76.2 Å². The van der Waals surface area contributed by atoms with Gasteiger partial charge in [-0.25, -0.2) is 4.98 Å². The van der Waals surface area contributed by atoms with Crippen molar-refractivity contribution in [2.75, 3.05) is 18.4 Å². The molecule has 0 bridgehead atoms. The lowest BCUT2D eigenvalue weighted by molar-refractivity contribution is -0.117. The van der Waals surface area contributed by atoms with Crippen LogP contribution in [0.2, 0.25) is 0 Å². The molecule has 0 unspecified atom stereocenters. The first-order valence-corrected chi connectivity index (χ1v) is 15.0. The van der Waals surface area contributed by atoms with Crippen molar-refractivity contribution in [2.45, 2.75) is 75.4 Å². The number of piperidine rings is 1. The lowest BCUT2D eigenvalue weighted by atomic mass is 9.79. The summed E-state index contributed by atoms with van der Waals surface area (Å²) < 4.78 is 2.27. The van der Waals surface area contributed by atoms with Gasteiger partial charge < -0.3 is 10.3 Å². The number of imidazole rings is 1. The SMILES string of the molecule is N[C@@H](Cc1ccccc1)C(=O)Nc1nc2ccccc2n1C1CCN(C2(c3ccccc3)CCCCCC2)CC1. The third-order valence-corrected chi connectivity index (χ3v) is 9.14. The van der Waals surface area contributed by atoms with Gasteiger partial charge in [-0.15, -0.1) is 0 Å². The smallest absolute Gasteiger partial charge is 0.243 e. The average molecular weight is 536 g/mol. The Morgan fingerprint density at radius 1 is 0.875 bits per heavy atom. The van der Waals surface area contributed by atoms with E-state index in [1.54, 1.807) is 0 Å². The number of nitrogens with two attached hydrogens (primary N) is 1. The maximum Gasteiger partial charge on any atom is 0.243 e. The van der Waals surface area contributed by atoms with Crippen molar-refractivity contribution in [3.05, 3.63) is 96.1 Å². The van der Waals surface area contributed by atoms with Crippen molar-refractivity contribution in [1.82, 2.24) is 14.5 Å². The summed E-state index contributed by atoms with van der Waals surface area (Å²) in [7, 11) is 0. The van der Waals surface area contributed by atoms with Gasteiger partial charge >= 0.3 is 0 Å². The number of para-hydroxylation sites is 2. The minimum absolute atomic E-state index is 0.126. The van der Waals surface area contributed by atoms with Gasteiger partial charge in [0.25, 0.3) is 0 Å². The molecule has 1 atom stereocenters. The molecule has 6 rings (SSSR count). The van der Waals surface area contributed by atoms with Crippen LogP contribution >= 0.6 is 0 Å². The van der Waals surface area contributed by atoms with E-state index in [9.17, 15) is 4.79 Å². The van der Waals surface area contributed by atoms with Gasteiger partial charge in [0.05, 0.1) is 17.1 Å². The number of fused-ring (bicyclic) bond motifs is 1. The molecule has 3 aromatic carbocycles. The predicted octanol–water partition coefficient (Wildman–Crippen LogP) is 6.43. The number of rotatable bonds is 7. The van der Waals surface area contributed by atoms with Gasteiger partial charge in [0.15, 0.2) is 0 Å². The number of carbonyl (C=O) groups excluding carboxylic acids is 1. The summed E-state index contributed by atoms with van der Waals surface area (Å²) in [4.78, 5) is 20.9. The minimum Gasteiger partial charge on any atom is -0.320 e. The Labute approximate surface area is 237 Å². The molecule has 6 nitrogen and oxygen atoms in total. The van der Waals surface area contributed by atoms with E-state index >= 15 is 0 Å². The van der Waals surface area contributed by atoms with E-state index < -0.39 is 6.04 Å². The summed E-state index contributed by atoms with van der Waals surface area (Å²) in [5, 5.41) is 3.11. The van der Waals surface area contributed by atoms with Crippen molar-refractivity contribution < 1.29 is 4.79 Å². The highest BCUT2D eigenvalue weighted by Gasteiger charge is 2.40. The Morgan fingerprint density at radius 2 is 1.50 bits per heavy atom. The second-order valence-corrected chi connectivity index (χ2v) is 11.6. The van der Waals surface area contributed by atoms with Crippen molar-refractivity contribution in [3.8, 4) is 0 Å². The Hall–Kier alpha value is -3.48.